The topological polar surface area (TPSA) is 106 Å². The first-order valence-electron chi connectivity index (χ1n) is 5.86. The molecular weight excluding hydrogens is 298 g/mol. The van der Waals surface area contributed by atoms with Crippen LogP contribution in [0.1, 0.15) is 19.4 Å². The molecule has 20 heavy (non-hydrogen) atoms. The number of carbonyl (C=O) groups is 1. The fourth-order valence-electron chi connectivity index (χ4n) is 1.63. The zero-order valence-electron chi connectivity index (χ0n) is 11.2. The first-order chi connectivity index (χ1) is 9.16. The summed E-state index contributed by atoms with van der Waals surface area (Å²) >= 11 is 4.81. The number of nitrogens with zero attached hydrogens (tertiary/aromatic N) is 1. The third kappa shape index (κ3) is 3.75. The van der Waals surface area contributed by atoms with E-state index in [1.54, 1.807) is 13.8 Å². The van der Waals surface area contributed by atoms with E-state index in [4.69, 9.17) is 23.7 Å². The van der Waals surface area contributed by atoms with Crippen molar-refractivity contribution in [2.75, 3.05) is 6.54 Å². The lowest BCUT2D eigenvalue weighted by Gasteiger charge is -2.24. The molecule has 0 bridgehead atoms. The smallest absolute Gasteiger partial charge is 0.243 e. The highest BCUT2D eigenvalue weighted by molar-refractivity contribution is 7.89. The Morgan fingerprint density at radius 1 is 1.25 bits per heavy atom. The Morgan fingerprint density at radius 3 is 2.10 bits per heavy atom. The molecule has 0 fully saturated rings. The zero-order chi connectivity index (χ0) is 15.5. The van der Waals surface area contributed by atoms with Gasteiger partial charge in [0.1, 0.15) is 4.99 Å². The van der Waals surface area contributed by atoms with Crippen molar-refractivity contribution >= 4 is 33.1 Å². The van der Waals surface area contributed by atoms with Crippen LogP contribution in [0.3, 0.4) is 0 Å². The van der Waals surface area contributed by atoms with Crippen molar-refractivity contribution in [1.29, 1.82) is 0 Å². The van der Waals surface area contributed by atoms with Gasteiger partial charge < -0.3 is 11.5 Å². The Hall–Kier alpha value is -1.51. The number of nitrogens with two attached hydrogens (primary N) is 2. The normalized spacial score (nSPS) is 11.8. The fraction of sp³-hybridized carbons (Fsp3) is 0.333. The second-order valence-corrected chi connectivity index (χ2v) is 6.83. The standard InChI is InChI=1S/C12H17N3O3S2/c1-8(2)15(7-11(13)16)20(17,18)10-5-3-9(4-6-10)12(14)19/h3-6,8H,7H2,1-2H3,(H2,13,16)(H2,14,19). The molecule has 1 aromatic carbocycles. The number of thiocarbonyl (C=S) groups is 1. The third-order valence-corrected chi connectivity index (χ3v) is 4.90. The molecule has 1 rings (SSSR count). The van der Waals surface area contributed by atoms with Crippen molar-refractivity contribution in [2.45, 2.75) is 24.8 Å². The first-order valence-corrected chi connectivity index (χ1v) is 7.71. The molecule has 0 aliphatic carbocycles. The van der Waals surface area contributed by atoms with E-state index < -0.39 is 15.9 Å². The maximum Gasteiger partial charge on any atom is 0.243 e. The largest absolute Gasteiger partial charge is 0.389 e. The Bertz CT molecular complexity index is 609. The highest BCUT2D eigenvalue weighted by Crippen LogP contribution is 2.18. The molecule has 0 heterocycles. The number of hydrogen-bond acceptors (Lipinski definition) is 4. The SMILES string of the molecule is CC(C)N(CC(N)=O)S(=O)(=O)c1ccc(C(N)=S)cc1. The molecule has 8 heteroatoms. The van der Waals surface area contributed by atoms with E-state index >= 15 is 0 Å². The van der Waals surface area contributed by atoms with Crippen molar-refractivity contribution in [3.63, 3.8) is 0 Å². The molecule has 4 N–H and O–H groups in total. The van der Waals surface area contributed by atoms with Crippen LogP contribution in [0.15, 0.2) is 29.2 Å². The minimum absolute atomic E-state index is 0.0625. The summed E-state index contributed by atoms with van der Waals surface area (Å²) in [6.45, 7) is 2.98. The van der Waals surface area contributed by atoms with E-state index in [9.17, 15) is 13.2 Å². The van der Waals surface area contributed by atoms with Gasteiger partial charge >= 0.3 is 0 Å². The molecule has 0 saturated carbocycles. The minimum Gasteiger partial charge on any atom is -0.389 e. The lowest BCUT2D eigenvalue weighted by molar-refractivity contribution is -0.118. The number of hydrogen-bond donors (Lipinski definition) is 2. The number of benzene rings is 1. The monoisotopic (exact) mass is 315 g/mol. The lowest BCUT2D eigenvalue weighted by Crippen LogP contribution is -2.42. The van der Waals surface area contributed by atoms with Crippen LogP contribution in [0.2, 0.25) is 0 Å². The van der Waals surface area contributed by atoms with Crippen molar-refractivity contribution in [1.82, 2.24) is 4.31 Å². The first kappa shape index (κ1) is 16.5. The summed E-state index contributed by atoms with van der Waals surface area (Å²) in [6.07, 6.45) is 0. The second kappa shape index (κ2) is 6.29. The predicted octanol–water partition coefficient (Wildman–Crippen LogP) is 0.205. The number of carbonyl (C=O) groups excluding carboxylic acids is 1. The summed E-state index contributed by atoms with van der Waals surface area (Å²) in [4.78, 5) is 11.3. The highest BCUT2D eigenvalue weighted by atomic mass is 32.2. The summed E-state index contributed by atoms with van der Waals surface area (Å²) in [5.74, 6) is -0.706. The Balaban J connectivity index is 3.19. The number of sulfonamides is 1. The molecule has 0 atom stereocenters. The summed E-state index contributed by atoms with van der Waals surface area (Å²) in [5, 5.41) is 0. The van der Waals surface area contributed by atoms with Crippen LogP contribution in [0.4, 0.5) is 0 Å². The predicted molar refractivity (Wildman–Crippen MR) is 80.6 cm³/mol. The van der Waals surface area contributed by atoms with Gasteiger partial charge in [0.2, 0.25) is 15.9 Å². The second-order valence-electron chi connectivity index (χ2n) is 4.50. The quantitative estimate of drug-likeness (QED) is 0.730. The Labute approximate surface area is 123 Å². The van der Waals surface area contributed by atoms with Gasteiger partial charge in [0.25, 0.3) is 0 Å². The van der Waals surface area contributed by atoms with Gasteiger partial charge in [0.15, 0.2) is 0 Å². The van der Waals surface area contributed by atoms with E-state index in [-0.39, 0.29) is 22.5 Å². The molecule has 0 aliphatic rings. The van der Waals surface area contributed by atoms with E-state index in [1.165, 1.54) is 24.3 Å². The molecule has 1 aromatic rings. The van der Waals surface area contributed by atoms with Crippen molar-refractivity contribution in [3.8, 4) is 0 Å². The molecule has 110 valence electrons. The minimum atomic E-state index is -3.79. The lowest BCUT2D eigenvalue weighted by atomic mass is 10.2. The van der Waals surface area contributed by atoms with Gasteiger partial charge in [0, 0.05) is 11.6 Å². The van der Waals surface area contributed by atoms with Crippen LogP contribution in [0.25, 0.3) is 0 Å². The molecule has 0 spiro atoms. The van der Waals surface area contributed by atoms with Gasteiger partial charge in [-0.25, -0.2) is 8.42 Å². The van der Waals surface area contributed by atoms with Crippen molar-refractivity contribution in [3.05, 3.63) is 29.8 Å². The molecule has 0 unspecified atom stereocenters. The summed E-state index contributed by atoms with van der Waals surface area (Å²) in [6, 6.07) is 5.47. The zero-order valence-corrected chi connectivity index (χ0v) is 12.9. The number of primary amides is 1. The Kier molecular flexibility index (Phi) is 5.21. The summed E-state index contributed by atoms with van der Waals surface area (Å²) < 4.78 is 25.9. The summed E-state index contributed by atoms with van der Waals surface area (Å²) in [7, 11) is -3.79. The Morgan fingerprint density at radius 2 is 1.75 bits per heavy atom. The van der Waals surface area contributed by atoms with Crippen LogP contribution in [-0.2, 0) is 14.8 Å². The van der Waals surface area contributed by atoms with Crippen molar-refractivity contribution < 1.29 is 13.2 Å². The van der Waals surface area contributed by atoms with Crippen molar-refractivity contribution in [2.24, 2.45) is 11.5 Å². The van der Waals surface area contributed by atoms with E-state index in [0.29, 0.717) is 5.56 Å². The number of rotatable bonds is 6. The summed E-state index contributed by atoms with van der Waals surface area (Å²) in [5.41, 5.74) is 11.1. The van der Waals surface area contributed by atoms with Crippen LogP contribution in [0.5, 0.6) is 0 Å². The molecule has 0 aliphatic heterocycles. The van der Waals surface area contributed by atoms with E-state index in [2.05, 4.69) is 0 Å². The maximum absolute atomic E-state index is 12.4. The van der Waals surface area contributed by atoms with Gasteiger partial charge in [-0.2, -0.15) is 4.31 Å². The van der Waals surface area contributed by atoms with Gasteiger partial charge in [-0.3, -0.25) is 4.79 Å². The fourth-order valence-corrected chi connectivity index (χ4v) is 3.36. The van der Waals surface area contributed by atoms with Gasteiger partial charge in [0.05, 0.1) is 11.4 Å². The van der Waals surface area contributed by atoms with E-state index in [1.807, 2.05) is 0 Å². The average Bonchev–Trinajstić information content (AvgIpc) is 2.35. The molecule has 0 radical (unpaired) electrons. The molecule has 0 aromatic heterocycles. The highest BCUT2D eigenvalue weighted by Gasteiger charge is 2.28. The van der Waals surface area contributed by atoms with E-state index in [0.717, 1.165) is 4.31 Å². The molecule has 6 nitrogen and oxygen atoms in total. The average molecular weight is 315 g/mol. The van der Waals surface area contributed by atoms with Crippen LogP contribution < -0.4 is 11.5 Å². The van der Waals surface area contributed by atoms with Crippen LogP contribution in [-0.4, -0.2) is 36.2 Å². The van der Waals surface area contributed by atoms with Crippen LogP contribution >= 0.6 is 12.2 Å². The maximum atomic E-state index is 12.4. The molecule has 1 amide bonds. The number of amides is 1. The molecular formula is C12H17N3O3S2. The third-order valence-electron chi connectivity index (χ3n) is 2.63. The van der Waals surface area contributed by atoms with Gasteiger partial charge in [-0.15, -0.1) is 0 Å². The van der Waals surface area contributed by atoms with Gasteiger partial charge in [-0.1, -0.05) is 24.4 Å². The van der Waals surface area contributed by atoms with Gasteiger partial charge in [-0.05, 0) is 26.0 Å². The molecule has 0 saturated heterocycles. The van der Waals surface area contributed by atoms with Crippen LogP contribution in [0, 0.1) is 0 Å².